The zero-order valence-corrected chi connectivity index (χ0v) is 9.00. The summed E-state index contributed by atoms with van der Waals surface area (Å²) in [5, 5.41) is 0. The Morgan fingerprint density at radius 1 is 1.33 bits per heavy atom. The first-order chi connectivity index (χ1) is 7.18. The van der Waals surface area contributed by atoms with Crippen LogP contribution in [0.4, 0.5) is 0 Å². The molecule has 1 aromatic rings. The second-order valence-corrected chi connectivity index (χ2v) is 3.75. The van der Waals surface area contributed by atoms with Crippen LogP contribution in [0.15, 0.2) is 12.1 Å². The number of ketones is 1. The Kier molecular flexibility index (Phi) is 2.62. The number of fused-ring (bicyclic) bond motifs is 1. The maximum atomic E-state index is 11.1. The fourth-order valence-electron chi connectivity index (χ4n) is 1.76. The topological polar surface area (TPSA) is 35.5 Å². The zero-order valence-electron chi connectivity index (χ0n) is 9.00. The largest absolute Gasteiger partial charge is 0.486 e. The molecule has 0 unspecified atom stereocenters. The third kappa shape index (κ3) is 1.96. The Hall–Kier alpha value is -1.51. The molecule has 0 saturated heterocycles. The van der Waals surface area contributed by atoms with Crippen LogP contribution >= 0.6 is 0 Å². The van der Waals surface area contributed by atoms with Gasteiger partial charge in [-0.25, -0.2) is 0 Å². The van der Waals surface area contributed by atoms with Gasteiger partial charge in [0.15, 0.2) is 11.5 Å². The van der Waals surface area contributed by atoms with Gasteiger partial charge in [-0.1, -0.05) is 6.07 Å². The first-order valence-electron chi connectivity index (χ1n) is 5.06. The molecular formula is C12H14O3. The van der Waals surface area contributed by atoms with Gasteiger partial charge in [-0.05, 0) is 31.0 Å². The van der Waals surface area contributed by atoms with Crippen molar-refractivity contribution in [3.8, 4) is 11.5 Å². The molecule has 1 aliphatic heterocycles. The Morgan fingerprint density at radius 3 is 2.80 bits per heavy atom. The van der Waals surface area contributed by atoms with Gasteiger partial charge in [0.05, 0.1) is 0 Å². The molecule has 0 aromatic heterocycles. The predicted molar refractivity (Wildman–Crippen MR) is 56.6 cm³/mol. The fraction of sp³-hybridized carbons (Fsp3) is 0.417. The molecule has 0 radical (unpaired) electrons. The lowest BCUT2D eigenvalue weighted by Crippen LogP contribution is -2.16. The van der Waals surface area contributed by atoms with E-state index in [2.05, 4.69) is 0 Å². The summed E-state index contributed by atoms with van der Waals surface area (Å²) in [7, 11) is 0. The van der Waals surface area contributed by atoms with Crippen LogP contribution in [0, 0.1) is 6.92 Å². The van der Waals surface area contributed by atoms with Crippen molar-refractivity contribution in [1.82, 2.24) is 0 Å². The third-order valence-corrected chi connectivity index (χ3v) is 2.51. The standard InChI is InChI=1S/C12H14O3/c1-8(13)7-10-3-4-11-12(9(10)2)15-6-5-14-11/h3-4H,5-7H2,1-2H3. The van der Waals surface area contributed by atoms with Crippen LogP contribution in [0.25, 0.3) is 0 Å². The van der Waals surface area contributed by atoms with Crippen molar-refractivity contribution >= 4 is 5.78 Å². The van der Waals surface area contributed by atoms with Crippen molar-refractivity contribution in [2.45, 2.75) is 20.3 Å². The smallest absolute Gasteiger partial charge is 0.164 e. The molecule has 0 atom stereocenters. The molecule has 0 spiro atoms. The van der Waals surface area contributed by atoms with E-state index in [0.29, 0.717) is 19.6 Å². The van der Waals surface area contributed by atoms with Crippen LogP contribution < -0.4 is 9.47 Å². The molecule has 0 bridgehead atoms. The van der Waals surface area contributed by atoms with Crippen molar-refractivity contribution in [1.29, 1.82) is 0 Å². The minimum atomic E-state index is 0.162. The summed E-state index contributed by atoms with van der Waals surface area (Å²) in [4.78, 5) is 11.1. The molecule has 0 aliphatic carbocycles. The van der Waals surface area contributed by atoms with Gasteiger partial charge < -0.3 is 9.47 Å². The number of carbonyl (C=O) groups is 1. The van der Waals surface area contributed by atoms with Crippen LogP contribution in [-0.4, -0.2) is 19.0 Å². The summed E-state index contributed by atoms with van der Waals surface area (Å²) in [5.74, 6) is 1.74. The Morgan fingerprint density at radius 2 is 2.07 bits per heavy atom. The van der Waals surface area contributed by atoms with Crippen molar-refractivity contribution in [3.05, 3.63) is 23.3 Å². The summed E-state index contributed by atoms with van der Waals surface area (Å²) >= 11 is 0. The van der Waals surface area contributed by atoms with E-state index in [1.807, 2.05) is 19.1 Å². The Bertz CT molecular complexity index is 396. The summed E-state index contributed by atoms with van der Waals surface area (Å²) in [6.45, 7) is 4.73. The maximum Gasteiger partial charge on any atom is 0.164 e. The number of hydrogen-bond acceptors (Lipinski definition) is 3. The number of carbonyl (C=O) groups excluding carboxylic acids is 1. The highest BCUT2D eigenvalue weighted by atomic mass is 16.6. The number of benzene rings is 1. The highest BCUT2D eigenvalue weighted by molar-refractivity contribution is 5.79. The fourth-order valence-corrected chi connectivity index (χ4v) is 1.76. The average molecular weight is 206 g/mol. The van der Waals surface area contributed by atoms with Gasteiger partial charge in [0.25, 0.3) is 0 Å². The Labute approximate surface area is 89.0 Å². The number of rotatable bonds is 2. The van der Waals surface area contributed by atoms with Crippen molar-refractivity contribution in [2.24, 2.45) is 0 Å². The average Bonchev–Trinajstić information content (AvgIpc) is 2.22. The molecule has 3 nitrogen and oxygen atoms in total. The minimum Gasteiger partial charge on any atom is -0.486 e. The predicted octanol–water partition coefficient (Wildman–Crippen LogP) is 1.90. The van der Waals surface area contributed by atoms with E-state index >= 15 is 0 Å². The van der Waals surface area contributed by atoms with Crippen molar-refractivity contribution in [2.75, 3.05) is 13.2 Å². The molecule has 0 amide bonds. The molecule has 1 heterocycles. The van der Waals surface area contributed by atoms with E-state index in [1.165, 1.54) is 0 Å². The summed E-state index contributed by atoms with van der Waals surface area (Å²) < 4.78 is 11.0. The van der Waals surface area contributed by atoms with E-state index in [9.17, 15) is 4.79 Å². The van der Waals surface area contributed by atoms with E-state index in [0.717, 1.165) is 22.6 Å². The zero-order chi connectivity index (χ0) is 10.8. The van der Waals surface area contributed by atoms with E-state index < -0.39 is 0 Å². The SMILES string of the molecule is CC(=O)Cc1ccc2c(c1C)OCCO2. The summed E-state index contributed by atoms with van der Waals surface area (Å²) in [6.07, 6.45) is 0.461. The monoisotopic (exact) mass is 206 g/mol. The normalized spacial score (nSPS) is 13.7. The molecule has 1 aromatic carbocycles. The molecule has 0 fully saturated rings. The molecule has 80 valence electrons. The molecular weight excluding hydrogens is 192 g/mol. The minimum absolute atomic E-state index is 0.162. The molecule has 1 aliphatic rings. The van der Waals surface area contributed by atoms with Gasteiger partial charge in [0, 0.05) is 6.42 Å². The first-order valence-corrected chi connectivity index (χ1v) is 5.06. The molecule has 15 heavy (non-hydrogen) atoms. The summed E-state index contributed by atoms with van der Waals surface area (Å²) in [6, 6.07) is 3.81. The van der Waals surface area contributed by atoms with E-state index in [4.69, 9.17) is 9.47 Å². The van der Waals surface area contributed by atoms with Crippen molar-refractivity contribution in [3.63, 3.8) is 0 Å². The first kappa shape index (κ1) is 10.0. The van der Waals surface area contributed by atoms with E-state index in [-0.39, 0.29) is 5.78 Å². The van der Waals surface area contributed by atoms with Gasteiger partial charge in [-0.3, -0.25) is 4.79 Å². The van der Waals surface area contributed by atoms with Crippen molar-refractivity contribution < 1.29 is 14.3 Å². The highest BCUT2D eigenvalue weighted by Gasteiger charge is 2.16. The molecule has 0 N–H and O–H groups in total. The second kappa shape index (κ2) is 3.93. The van der Waals surface area contributed by atoms with Gasteiger partial charge in [-0.2, -0.15) is 0 Å². The summed E-state index contributed by atoms with van der Waals surface area (Å²) in [5.41, 5.74) is 2.04. The maximum absolute atomic E-state index is 11.1. The van der Waals surface area contributed by atoms with Gasteiger partial charge in [0.1, 0.15) is 19.0 Å². The third-order valence-electron chi connectivity index (χ3n) is 2.51. The molecule has 0 saturated carbocycles. The number of hydrogen-bond donors (Lipinski definition) is 0. The van der Waals surface area contributed by atoms with Gasteiger partial charge in [0.2, 0.25) is 0 Å². The van der Waals surface area contributed by atoms with Crippen LogP contribution in [0.5, 0.6) is 11.5 Å². The van der Waals surface area contributed by atoms with Gasteiger partial charge >= 0.3 is 0 Å². The second-order valence-electron chi connectivity index (χ2n) is 3.75. The van der Waals surface area contributed by atoms with E-state index in [1.54, 1.807) is 6.92 Å². The lowest BCUT2D eigenvalue weighted by molar-refractivity contribution is -0.116. The molecule has 2 rings (SSSR count). The lowest BCUT2D eigenvalue weighted by Gasteiger charge is -2.21. The lowest BCUT2D eigenvalue weighted by atomic mass is 10.0. The Balaban J connectivity index is 2.38. The van der Waals surface area contributed by atoms with Crippen LogP contribution in [0.2, 0.25) is 0 Å². The highest BCUT2D eigenvalue weighted by Crippen LogP contribution is 2.35. The number of Topliss-reactive ketones (excluding diaryl/α,β-unsaturated/α-hetero) is 1. The quantitative estimate of drug-likeness (QED) is 0.741. The number of ether oxygens (including phenoxy) is 2. The molecule has 3 heteroatoms. The van der Waals surface area contributed by atoms with Gasteiger partial charge in [-0.15, -0.1) is 0 Å². The van der Waals surface area contributed by atoms with Crippen LogP contribution in [0.1, 0.15) is 18.1 Å². The van der Waals surface area contributed by atoms with Crippen LogP contribution in [-0.2, 0) is 11.2 Å². The van der Waals surface area contributed by atoms with Crippen LogP contribution in [0.3, 0.4) is 0 Å².